The summed E-state index contributed by atoms with van der Waals surface area (Å²) in [6.07, 6.45) is 8.64. The standard InChI is InChI=1S/C18H26N2O2/c1-20-10-4-2-3-8-18(13-20)9-7-14-5-6-15(17(21)19-22)11-16(14)12-18/h5-6,11,22H,2-4,7-10,12-13H2,1H3,(H,19,21). The number of likely N-dealkylation sites (tertiary alicyclic amines) is 1. The Balaban J connectivity index is 1.85. The molecule has 1 aliphatic carbocycles. The Morgan fingerprint density at radius 2 is 2.09 bits per heavy atom. The molecule has 1 atom stereocenters. The summed E-state index contributed by atoms with van der Waals surface area (Å²) in [5, 5.41) is 8.83. The molecular weight excluding hydrogens is 276 g/mol. The predicted octanol–water partition coefficient (Wildman–Crippen LogP) is 2.79. The van der Waals surface area contributed by atoms with Crippen molar-refractivity contribution >= 4 is 5.91 Å². The van der Waals surface area contributed by atoms with Gasteiger partial charge in [0, 0.05) is 12.1 Å². The van der Waals surface area contributed by atoms with E-state index in [0.717, 1.165) is 19.4 Å². The van der Waals surface area contributed by atoms with Crippen molar-refractivity contribution in [3.05, 3.63) is 34.9 Å². The zero-order valence-corrected chi connectivity index (χ0v) is 13.4. The topological polar surface area (TPSA) is 52.6 Å². The lowest BCUT2D eigenvalue weighted by atomic mass is 9.68. The van der Waals surface area contributed by atoms with Gasteiger partial charge in [0.15, 0.2) is 0 Å². The minimum atomic E-state index is -0.419. The van der Waals surface area contributed by atoms with Gasteiger partial charge in [-0.25, -0.2) is 5.48 Å². The van der Waals surface area contributed by atoms with Crippen molar-refractivity contribution in [3.8, 4) is 0 Å². The van der Waals surface area contributed by atoms with E-state index in [1.165, 1.54) is 49.8 Å². The van der Waals surface area contributed by atoms with Crippen molar-refractivity contribution in [2.75, 3.05) is 20.1 Å². The average molecular weight is 302 g/mol. The molecule has 1 aromatic carbocycles. The first-order valence-electron chi connectivity index (χ1n) is 8.37. The Bertz CT molecular complexity index is 558. The van der Waals surface area contributed by atoms with Gasteiger partial charge < -0.3 is 4.90 Å². The maximum Gasteiger partial charge on any atom is 0.274 e. The number of rotatable bonds is 1. The summed E-state index contributed by atoms with van der Waals surface area (Å²) in [5.41, 5.74) is 5.31. The Labute approximate surface area is 132 Å². The molecule has 2 aliphatic rings. The highest BCUT2D eigenvalue weighted by atomic mass is 16.5. The summed E-state index contributed by atoms with van der Waals surface area (Å²) in [7, 11) is 2.23. The van der Waals surface area contributed by atoms with E-state index in [0.29, 0.717) is 11.0 Å². The number of nitrogens with zero attached hydrogens (tertiary/aromatic N) is 1. The SMILES string of the molecule is CN1CCCCCC2(CCc3ccc(C(=O)NO)cc3C2)C1. The molecule has 1 saturated heterocycles. The minimum Gasteiger partial charge on any atom is -0.306 e. The van der Waals surface area contributed by atoms with E-state index >= 15 is 0 Å². The highest BCUT2D eigenvalue weighted by Crippen LogP contribution is 2.41. The summed E-state index contributed by atoms with van der Waals surface area (Å²) in [6, 6.07) is 5.84. The van der Waals surface area contributed by atoms with Crippen LogP contribution in [0.1, 0.15) is 53.6 Å². The third-order valence-electron chi connectivity index (χ3n) is 5.41. The van der Waals surface area contributed by atoms with Gasteiger partial charge in [0.25, 0.3) is 5.91 Å². The number of hydroxylamine groups is 1. The Morgan fingerprint density at radius 3 is 2.91 bits per heavy atom. The first-order chi connectivity index (χ1) is 10.6. The van der Waals surface area contributed by atoms with E-state index in [1.54, 1.807) is 5.48 Å². The van der Waals surface area contributed by atoms with Crippen LogP contribution in [-0.2, 0) is 12.8 Å². The fourth-order valence-corrected chi connectivity index (χ4v) is 4.27. The molecular formula is C18H26N2O2. The van der Waals surface area contributed by atoms with Crippen molar-refractivity contribution in [1.82, 2.24) is 10.4 Å². The Kier molecular flexibility index (Phi) is 4.50. The second-order valence-electron chi connectivity index (χ2n) is 7.15. The van der Waals surface area contributed by atoms with E-state index in [9.17, 15) is 4.79 Å². The minimum absolute atomic E-state index is 0.358. The monoisotopic (exact) mass is 302 g/mol. The zero-order chi connectivity index (χ0) is 15.6. The van der Waals surface area contributed by atoms with E-state index in [-0.39, 0.29) is 0 Å². The summed E-state index contributed by atoms with van der Waals surface area (Å²) in [6.45, 7) is 2.35. The first kappa shape index (κ1) is 15.5. The van der Waals surface area contributed by atoms with Crippen LogP contribution in [0, 0.1) is 5.41 Å². The van der Waals surface area contributed by atoms with Gasteiger partial charge in [0.2, 0.25) is 0 Å². The number of nitrogens with one attached hydrogen (secondary N) is 1. The van der Waals surface area contributed by atoms with Gasteiger partial charge in [-0.3, -0.25) is 10.0 Å². The molecule has 0 aromatic heterocycles. The molecule has 1 unspecified atom stereocenters. The van der Waals surface area contributed by atoms with Crippen LogP contribution in [0.3, 0.4) is 0 Å². The molecule has 1 aromatic rings. The number of hydrogen-bond donors (Lipinski definition) is 2. The number of carbonyl (C=O) groups excluding carboxylic acids is 1. The van der Waals surface area contributed by atoms with Gasteiger partial charge >= 0.3 is 0 Å². The molecule has 1 spiro atoms. The molecule has 0 radical (unpaired) electrons. The third-order valence-corrected chi connectivity index (χ3v) is 5.41. The van der Waals surface area contributed by atoms with Gasteiger partial charge in [0.1, 0.15) is 0 Å². The average Bonchev–Trinajstić information content (AvgIpc) is 2.51. The Hall–Kier alpha value is -1.39. The molecule has 2 N–H and O–H groups in total. The zero-order valence-electron chi connectivity index (χ0n) is 13.4. The number of aryl methyl sites for hydroxylation is 1. The van der Waals surface area contributed by atoms with Crippen LogP contribution in [0.25, 0.3) is 0 Å². The van der Waals surface area contributed by atoms with E-state index in [4.69, 9.17) is 5.21 Å². The van der Waals surface area contributed by atoms with E-state index < -0.39 is 5.91 Å². The van der Waals surface area contributed by atoms with Crippen molar-refractivity contribution in [1.29, 1.82) is 0 Å². The molecule has 22 heavy (non-hydrogen) atoms. The smallest absolute Gasteiger partial charge is 0.274 e. The highest BCUT2D eigenvalue weighted by molar-refractivity contribution is 5.93. The number of hydrogen-bond acceptors (Lipinski definition) is 3. The molecule has 0 saturated carbocycles. The van der Waals surface area contributed by atoms with Crippen LogP contribution in [0.15, 0.2) is 18.2 Å². The van der Waals surface area contributed by atoms with Crippen LogP contribution >= 0.6 is 0 Å². The molecule has 120 valence electrons. The summed E-state index contributed by atoms with van der Waals surface area (Å²) in [5.74, 6) is -0.419. The number of carbonyl (C=O) groups is 1. The molecule has 1 aliphatic heterocycles. The summed E-state index contributed by atoms with van der Waals surface area (Å²) >= 11 is 0. The second kappa shape index (κ2) is 6.39. The van der Waals surface area contributed by atoms with Crippen molar-refractivity contribution in [2.24, 2.45) is 5.41 Å². The normalized spacial score (nSPS) is 26.1. The van der Waals surface area contributed by atoms with Crippen molar-refractivity contribution in [3.63, 3.8) is 0 Å². The molecule has 3 rings (SSSR count). The molecule has 4 nitrogen and oxygen atoms in total. The van der Waals surface area contributed by atoms with E-state index in [1.807, 2.05) is 12.1 Å². The first-order valence-corrected chi connectivity index (χ1v) is 8.37. The molecule has 1 heterocycles. The van der Waals surface area contributed by atoms with Crippen molar-refractivity contribution in [2.45, 2.75) is 44.9 Å². The fourth-order valence-electron chi connectivity index (χ4n) is 4.27. The van der Waals surface area contributed by atoms with Crippen LogP contribution in [0.5, 0.6) is 0 Å². The maximum absolute atomic E-state index is 11.7. The lowest BCUT2D eigenvalue weighted by Crippen LogP contribution is -2.41. The van der Waals surface area contributed by atoms with Crippen LogP contribution in [-0.4, -0.2) is 36.2 Å². The van der Waals surface area contributed by atoms with Gasteiger partial charge in [-0.15, -0.1) is 0 Å². The molecule has 4 heteroatoms. The molecule has 1 amide bonds. The summed E-state index contributed by atoms with van der Waals surface area (Å²) in [4.78, 5) is 14.1. The lowest BCUT2D eigenvalue weighted by molar-refractivity contribution is 0.0705. The van der Waals surface area contributed by atoms with Crippen LogP contribution in [0.2, 0.25) is 0 Å². The number of benzene rings is 1. The highest BCUT2D eigenvalue weighted by Gasteiger charge is 2.35. The fraction of sp³-hybridized carbons (Fsp3) is 0.611. The molecule has 0 bridgehead atoms. The number of amides is 1. The molecule has 1 fully saturated rings. The maximum atomic E-state index is 11.7. The van der Waals surface area contributed by atoms with Gasteiger partial charge in [0.05, 0.1) is 0 Å². The van der Waals surface area contributed by atoms with Gasteiger partial charge in [-0.1, -0.05) is 18.9 Å². The van der Waals surface area contributed by atoms with Gasteiger partial charge in [-0.2, -0.15) is 0 Å². The number of fused-ring (bicyclic) bond motifs is 1. The van der Waals surface area contributed by atoms with Crippen LogP contribution < -0.4 is 5.48 Å². The largest absolute Gasteiger partial charge is 0.306 e. The Morgan fingerprint density at radius 1 is 1.23 bits per heavy atom. The predicted molar refractivity (Wildman–Crippen MR) is 86.1 cm³/mol. The second-order valence-corrected chi connectivity index (χ2v) is 7.15. The van der Waals surface area contributed by atoms with E-state index in [2.05, 4.69) is 18.0 Å². The third kappa shape index (κ3) is 3.18. The van der Waals surface area contributed by atoms with Gasteiger partial charge in [-0.05, 0) is 74.4 Å². The van der Waals surface area contributed by atoms with Crippen LogP contribution in [0.4, 0.5) is 0 Å². The van der Waals surface area contributed by atoms with Crippen molar-refractivity contribution < 1.29 is 10.0 Å². The lowest BCUT2D eigenvalue weighted by Gasteiger charge is -2.42. The summed E-state index contributed by atoms with van der Waals surface area (Å²) < 4.78 is 0. The quantitative estimate of drug-likeness (QED) is 0.619.